The molecular formula is C28H56N3O5+. The normalized spacial score (nSPS) is 17.4. The minimum atomic E-state index is -0.745. The van der Waals surface area contributed by atoms with E-state index in [0.29, 0.717) is 13.2 Å². The second-order valence-electron chi connectivity index (χ2n) is 10.6. The van der Waals surface area contributed by atoms with Crippen molar-refractivity contribution >= 4 is 12.1 Å². The van der Waals surface area contributed by atoms with E-state index in [0.717, 1.165) is 32.4 Å². The van der Waals surface area contributed by atoms with Crippen LogP contribution in [-0.2, 0) is 14.2 Å². The van der Waals surface area contributed by atoms with E-state index >= 15 is 0 Å². The number of carbonyl (C=O) groups excluding carboxylic acids is 2. The summed E-state index contributed by atoms with van der Waals surface area (Å²) in [6.07, 6.45) is 19.9. The predicted molar refractivity (Wildman–Crippen MR) is 145 cm³/mol. The van der Waals surface area contributed by atoms with Crippen LogP contribution in [0.3, 0.4) is 0 Å². The summed E-state index contributed by atoms with van der Waals surface area (Å²) in [5, 5.41) is 4.80. The number of urea groups is 1. The molecule has 1 rings (SSSR count). The first-order valence-corrected chi connectivity index (χ1v) is 14.7. The minimum absolute atomic E-state index is 0.0603. The van der Waals surface area contributed by atoms with E-state index in [4.69, 9.17) is 14.2 Å². The monoisotopic (exact) mass is 514 g/mol. The fourth-order valence-electron chi connectivity index (χ4n) is 4.41. The summed E-state index contributed by atoms with van der Waals surface area (Å²) in [5.41, 5.74) is 0. The summed E-state index contributed by atoms with van der Waals surface area (Å²) in [5.74, 6) is 0. The fraction of sp³-hybridized carbons (Fsp3) is 0.929. The summed E-state index contributed by atoms with van der Waals surface area (Å²) in [6, 6.07) is -0.539. The lowest BCUT2D eigenvalue weighted by Gasteiger charge is -2.14. The van der Waals surface area contributed by atoms with Crippen LogP contribution in [0.4, 0.5) is 9.59 Å². The third-order valence-electron chi connectivity index (χ3n) is 6.67. The van der Waals surface area contributed by atoms with Crippen LogP contribution >= 0.6 is 0 Å². The molecule has 0 unspecified atom stereocenters. The molecule has 0 aromatic carbocycles. The molecule has 3 amide bonds. The Kier molecular flexibility index (Phi) is 20.7. The summed E-state index contributed by atoms with van der Waals surface area (Å²) in [4.78, 5) is 24.6. The third kappa shape index (κ3) is 19.8. The van der Waals surface area contributed by atoms with E-state index in [1.54, 1.807) is 0 Å². The molecule has 36 heavy (non-hydrogen) atoms. The maximum atomic E-state index is 11.7. The Labute approximate surface area is 220 Å². The molecule has 0 aliphatic carbocycles. The first kappa shape index (κ1) is 32.6. The molecule has 8 heteroatoms. The molecule has 2 atom stereocenters. The summed E-state index contributed by atoms with van der Waals surface area (Å²) in [7, 11) is 3.99. The molecule has 1 aliphatic rings. The van der Waals surface area contributed by atoms with Gasteiger partial charge in [-0.2, -0.15) is 0 Å². The number of likely N-dealkylation sites (N-methyl/N-ethyl adjacent to an activating group) is 1. The number of ether oxygens (including phenoxy) is 3. The molecule has 0 aromatic rings. The van der Waals surface area contributed by atoms with Crippen LogP contribution in [0.5, 0.6) is 0 Å². The molecule has 0 bridgehead atoms. The van der Waals surface area contributed by atoms with Crippen molar-refractivity contribution in [2.24, 2.45) is 0 Å². The maximum absolute atomic E-state index is 11.7. The smallest absolute Gasteiger partial charge is 0.415 e. The molecule has 0 spiro atoms. The Bertz CT molecular complexity index is 547. The lowest BCUT2D eigenvalue weighted by Crippen LogP contribution is -3.06. The Hall–Kier alpha value is -1.38. The predicted octanol–water partition coefficient (Wildman–Crippen LogP) is 4.61. The number of hydrogen-bond acceptors (Lipinski definition) is 5. The number of alkyl carbamates (subject to hydrolysis) is 1. The van der Waals surface area contributed by atoms with E-state index in [1.807, 2.05) is 14.1 Å². The van der Waals surface area contributed by atoms with Crippen molar-refractivity contribution in [3.05, 3.63) is 0 Å². The zero-order valence-electron chi connectivity index (χ0n) is 23.5. The zero-order chi connectivity index (χ0) is 26.3. The number of carbonyl (C=O) groups is 2. The average molecular weight is 515 g/mol. The van der Waals surface area contributed by atoms with Crippen molar-refractivity contribution in [3.63, 3.8) is 0 Å². The van der Waals surface area contributed by atoms with E-state index in [1.165, 1.54) is 88.4 Å². The number of unbranched alkanes of at least 4 members (excludes halogenated alkanes) is 13. The van der Waals surface area contributed by atoms with Crippen LogP contribution in [0.1, 0.15) is 110 Å². The highest BCUT2D eigenvalue weighted by atomic mass is 16.6. The van der Waals surface area contributed by atoms with Crippen LogP contribution in [-0.4, -0.2) is 71.3 Å². The van der Waals surface area contributed by atoms with Crippen molar-refractivity contribution in [2.45, 2.75) is 122 Å². The largest absolute Gasteiger partial charge is 0.446 e. The average Bonchev–Trinajstić information content (AvgIpc) is 3.30. The number of imide groups is 1. The topological polar surface area (TPSA) is 90.3 Å². The van der Waals surface area contributed by atoms with Gasteiger partial charge in [-0.1, -0.05) is 90.4 Å². The highest BCUT2D eigenvalue weighted by Gasteiger charge is 2.26. The molecule has 1 aliphatic heterocycles. The van der Waals surface area contributed by atoms with Gasteiger partial charge in [-0.05, 0) is 19.3 Å². The molecule has 1 saturated heterocycles. The molecule has 8 nitrogen and oxygen atoms in total. The van der Waals surface area contributed by atoms with Gasteiger partial charge in [0.05, 0.1) is 46.0 Å². The van der Waals surface area contributed by atoms with Crippen molar-refractivity contribution < 1.29 is 28.7 Å². The van der Waals surface area contributed by atoms with E-state index in [-0.39, 0.29) is 18.8 Å². The lowest BCUT2D eigenvalue weighted by molar-refractivity contribution is -0.856. The maximum Gasteiger partial charge on any atom is 0.415 e. The standard InChI is InChI=1S/C28H55N3O5/c1-4-5-6-7-8-9-10-11-12-13-14-15-16-17-22-34-23-25-18-19-26(36-25)24-35-28(33)30-27(32)29-20-21-31(2)3/h25-26H,4-24H2,1-3H3,(H2,29,30,32,33)/p+1/t25-,26+/m0/s1. The van der Waals surface area contributed by atoms with Crippen LogP contribution in [0.2, 0.25) is 0 Å². The van der Waals surface area contributed by atoms with Crippen molar-refractivity contribution in [1.29, 1.82) is 0 Å². The van der Waals surface area contributed by atoms with Gasteiger partial charge in [0.25, 0.3) is 0 Å². The van der Waals surface area contributed by atoms with Gasteiger partial charge < -0.3 is 24.4 Å². The Morgan fingerprint density at radius 2 is 1.33 bits per heavy atom. The molecule has 0 saturated carbocycles. The molecule has 212 valence electrons. The summed E-state index contributed by atoms with van der Waals surface area (Å²) in [6.45, 7) is 5.08. The van der Waals surface area contributed by atoms with Crippen LogP contribution in [0.15, 0.2) is 0 Å². The van der Waals surface area contributed by atoms with Gasteiger partial charge >= 0.3 is 12.1 Å². The van der Waals surface area contributed by atoms with E-state index in [2.05, 4.69) is 17.6 Å². The number of hydrogen-bond donors (Lipinski definition) is 3. The fourth-order valence-corrected chi connectivity index (χ4v) is 4.41. The van der Waals surface area contributed by atoms with Gasteiger partial charge in [0.2, 0.25) is 0 Å². The molecule has 3 N–H and O–H groups in total. The third-order valence-corrected chi connectivity index (χ3v) is 6.67. The van der Waals surface area contributed by atoms with Crippen LogP contribution in [0, 0.1) is 0 Å². The van der Waals surface area contributed by atoms with Crippen molar-refractivity contribution in [3.8, 4) is 0 Å². The first-order chi connectivity index (χ1) is 17.5. The zero-order valence-corrected chi connectivity index (χ0v) is 23.5. The first-order valence-electron chi connectivity index (χ1n) is 14.7. The summed E-state index contributed by atoms with van der Waals surface area (Å²) >= 11 is 0. The Morgan fingerprint density at radius 1 is 0.806 bits per heavy atom. The highest BCUT2D eigenvalue weighted by molar-refractivity contribution is 5.90. The second kappa shape index (κ2) is 22.8. The number of amides is 3. The van der Waals surface area contributed by atoms with Gasteiger partial charge in [-0.25, -0.2) is 14.9 Å². The quantitative estimate of drug-likeness (QED) is 0.184. The van der Waals surface area contributed by atoms with Crippen molar-refractivity contribution in [2.75, 3.05) is 47.0 Å². The lowest BCUT2D eigenvalue weighted by atomic mass is 10.0. The van der Waals surface area contributed by atoms with Crippen LogP contribution in [0.25, 0.3) is 0 Å². The molecule has 1 heterocycles. The molecule has 0 aromatic heterocycles. The second-order valence-corrected chi connectivity index (χ2v) is 10.6. The van der Waals surface area contributed by atoms with Gasteiger partial charge in [0.1, 0.15) is 6.61 Å². The Balaban J connectivity index is 1.86. The van der Waals surface area contributed by atoms with E-state index in [9.17, 15) is 9.59 Å². The van der Waals surface area contributed by atoms with Gasteiger partial charge in [-0.3, -0.25) is 0 Å². The van der Waals surface area contributed by atoms with Crippen LogP contribution < -0.4 is 15.5 Å². The van der Waals surface area contributed by atoms with Gasteiger partial charge in [-0.15, -0.1) is 0 Å². The highest BCUT2D eigenvalue weighted by Crippen LogP contribution is 2.20. The molecular weight excluding hydrogens is 458 g/mol. The number of rotatable bonds is 22. The number of nitrogens with one attached hydrogen (secondary N) is 3. The van der Waals surface area contributed by atoms with E-state index < -0.39 is 12.1 Å². The number of quaternary nitrogens is 1. The van der Waals surface area contributed by atoms with Gasteiger partial charge in [0, 0.05) is 6.61 Å². The van der Waals surface area contributed by atoms with Gasteiger partial charge in [0.15, 0.2) is 0 Å². The summed E-state index contributed by atoms with van der Waals surface area (Å²) < 4.78 is 16.8. The molecule has 1 fully saturated rings. The minimum Gasteiger partial charge on any atom is -0.446 e. The molecule has 0 radical (unpaired) electrons. The van der Waals surface area contributed by atoms with Crippen molar-refractivity contribution in [1.82, 2.24) is 10.6 Å². The SMILES string of the molecule is CCCCCCCCCCCCCCCCOC[C@@H]1CC[C@H](COC(=O)NC(=O)NCC[NH+](C)C)O1. The Morgan fingerprint density at radius 3 is 1.89 bits per heavy atom.